The Morgan fingerprint density at radius 2 is 2.07 bits per heavy atom. The van der Waals surface area contributed by atoms with Gasteiger partial charge in [0.05, 0.1) is 0 Å². The van der Waals surface area contributed by atoms with Crippen molar-refractivity contribution >= 4 is 24.3 Å². The van der Waals surface area contributed by atoms with Gasteiger partial charge in [0.25, 0.3) is 0 Å². The summed E-state index contributed by atoms with van der Waals surface area (Å²) in [5, 5.41) is 11.1. The Labute approximate surface area is 95.1 Å². The number of unbranched alkanes of at least 4 members (excludes halogenated alkanes) is 1. The number of carboxylic acids is 1. The maximum Gasteiger partial charge on any atom is 0.326 e. The van der Waals surface area contributed by atoms with Crippen LogP contribution in [0, 0.1) is 0 Å². The highest BCUT2D eigenvalue weighted by molar-refractivity contribution is 5.90. The Morgan fingerprint density at radius 3 is 2.47 bits per heavy atom. The molecule has 6 heteroatoms. The second kappa shape index (κ2) is 9.48. The normalized spacial score (nSPS) is 11.0. The third-order valence-corrected chi connectivity index (χ3v) is 1.75. The molecule has 0 aliphatic heterocycles. The van der Waals surface area contributed by atoms with Crippen molar-refractivity contribution in [2.24, 2.45) is 5.73 Å². The topological polar surface area (TPSA) is 92.4 Å². The molecule has 4 N–H and O–H groups in total. The minimum absolute atomic E-state index is 0. The van der Waals surface area contributed by atoms with Gasteiger partial charge in [0.2, 0.25) is 5.91 Å². The number of amides is 1. The van der Waals surface area contributed by atoms with Crippen LogP contribution in [0.3, 0.4) is 0 Å². The van der Waals surface area contributed by atoms with Gasteiger partial charge >= 0.3 is 5.97 Å². The molecule has 0 aromatic heterocycles. The fourth-order valence-electron chi connectivity index (χ4n) is 0.981. The highest BCUT2D eigenvalue weighted by Gasteiger charge is 2.17. The van der Waals surface area contributed by atoms with Gasteiger partial charge in [-0.1, -0.05) is 6.58 Å². The van der Waals surface area contributed by atoms with E-state index in [1.807, 2.05) is 0 Å². The maximum absolute atomic E-state index is 10.8. The number of nitrogens with two attached hydrogens (primary N) is 1. The van der Waals surface area contributed by atoms with E-state index in [4.69, 9.17) is 10.8 Å². The van der Waals surface area contributed by atoms with E-state index in [1.54, 1.807) is 0 Å². The SMILES string of the molecule is C=CC(=O)N[C@@H](CCCCN)C(=O)O.Cl. The summed E-state index contributed by atoms with van der Waals surface area (Å²) in [6.45, 7) is 3.77. The molecule has 5 nitrogen and oxygen atoms in total. The lowest BCUT2D eigenvalue weighted by Crippen LogP contribution is -2.39. The van der Waals surface area contributed by atoms with Crippen molar-refractivity contribution < 1.29 is 14.7 Å². The lowest BCUT2D eigenvalue weighted by atomic mass is 10.1. The largest absolute Gasteiger partial charge is 0.480 e. The Balaban J connectivity index is 0. The van der Waals surface area contributed by atoms with Crippen LogP contribution in [0.25, 0.3) is 0 Å². The second-order valence-corrected chi connectivity index (χ2v) is 2.89. The van der Waals surface area contributed by atoms with Crippen LogP contribution in [0.15, 0.2) is 12.7 Å². The first-order valence-electron chi connectivity index (χ1n) is 4.47. The molecule has 0 heterocycles. The molecular formula is C9H17ClN2O3. The molecule has 0 rings (SSSR count). The minimum Gasteiger partial charge on any atom is -0.480 e. The van der Waals surface area contributed by atoms with E-state index in [0.29, 0.717) is 19.4 Å². The van der Waals surface area contributed by atoms with E-state index in [0.717, 1.165) is 12.5 Å². The van der Waals surface area contributed by atoms with E-state index in [2.05, 4.69) is 11.9 Å². The summed E-state index contributed by atoms with van der Waals surface area (Å²) in [7, 11) is 0. The zero-order valence-corrected chi connectivity index (χ0v) is 9.26. The Kier molecular flexibility index (Phi) is 10.3. The third-order valence-electron chi connectivity index (χ3n) is 1.75. The van der Waals surface area contributed by atoms with Gasteiger partial charge in [-0.05, 0) is 31.9 Å². The van der Waals surface area contributed by atoms with Crippen molar-refractivity contribution in [3.63, 3.8) is 0 Å². The molecule has 0 fully saturated rings. The molecule has 88 valence electrons. The molecule has 0 unspecified atom stereocenters. The highest BCUT2D eigenvalue weighted by Crippen LogP contribution is 2.00. The molecule has 0 aromatic rings. The zero-order valence-electron chi connectivity index (χ0n) is 8.44. The summed E-state index contributed by atoms with van der Waals surface area (Å²) in [6, 6.07) is -0.841. The van der Waals surface area contributed by atoms with Gasteiger partial charge in [-0.2, -0.15) is 0 Å². The van der Waals surface area contributed by atoms with Crippen LogP contribution in [0.4, 0.5) is 0 Å². The standard InChI is InChI=1S/C9H16N2O3.ClH/c1-2-8(12)11-7(9(13)14)5-3-4-6-10;/h2,7H,1,3-6,10H2,(H,11,12)(H,13,14);1H/t7-;/m0./s1. The maximum atomic E-state index is 10.8. The zero-order chi connectivity index (χ0) is 11.0. The van der Waals surface area contributed by atoms with Crippen molar-refractivity contribution in [2.75, 3.05) is 6.54 Å². The molecule has 0 aliphatic carbocycles. The van der Waals surface area contributed by atoms with E-state index in [-0.39, 0.29) is 12.4 Å². The number of hydrogen-bond acceptors (Lipinski definition) is 3. The van der Waals surface area contributed by atoms with Gasteiger partial charge in [-0.25, -0.2) is 4.79 Å². The van der Waals surface area contributed by atoms with Crippen LogP contribution >= 0.6 is 12.4 Å². The monoisotopic (exact) mass is 236 g/mol. The van der Waals surface area contributed by atoms with Crippen LogP contribution in [0.2, 0.25) is 0 Å². The van der Waals surface area contributed by atoms with E-state index in [1.165, 1.54) is 0 Å². The van der Waals surface area contributed by atoms with E-state index in [9.17, 15) is 9.59 Å². The predicted octanol–water partition coefficient (Wildman–Crippen LogP) is 0.293. The summed E-state index contributed by atoms with van der Waals surface area (Å²) >= 11 is 0. The molecule has 0 saturated carbocycles. The minimum atomic E-state index is -1.03. The van der Waals surface area contributed by atoms with E-state index < -0.39 is 17.9 Å². The average molecular weight is 237 g/mol. The number of nitrogens with one attached hydrogen (secondary N) is 1. The van der Waals surface area contributed by atoms with Gasteiger partial charge in [-0.15, -0.1) is 12.4 Å². The van der Waals surface area contributed by atoms with Gasteiger partial charge in [0, 0.05) is 0 Å². The van der Waals surface area contributed by atoms with Gasteiger partial charge in [0.15, 0.2) is 0 Å². The Hall–Kier alpha value is -1.07. The van der Waals surface area contributed by atoms with Crippen molar-refractivity contribution in [1.82, 2.24) is 5.32 Å². The fourth-order valence-corrected chi connectivity index (χ4v) is 0.981. The number of hydrogen-bond donors (Lipinski definition) is 3. The summed E-state index contributed by atoms with van der Waals surface area (Å²) in [6.07, 6.45) is 2.89. The van der Waals surface area contributed by atoms with Crippen LogP contribution < -0.4 is 11.1 Å². The van der Waals surface area contributed by atoms with Gasteiger partial charge in [0.1, 0.15) is 6.04 Å². The molecule has 0 aromatic carbocycles. The lowest BCUT2D eigenvalue weighted by Gasteiger charge is -2.12. The van der Waals surface area contributed by atoms with E-state index >= 15 is 0 Å². The van der Waals surface area contributed by atoms with Gasteiger partial charge in [-0.3, -0.25) is 4.79 Å². The Morgan fingerprint density at radius 1 is 1.47 bits per heavy atom. The first-order valence-corrected chi connectivity index (χ1v) is 4.47. The van der Waals surface area contributed by atoms with Crippen LogP contribution in [-0.2, 0) is 9.59 Å². The van der Waals surface area contributed by atoms with Crippen molar-refractivity contribution in [2.45, 2.75) is 25.3 Å². The molecule has 0 bridgehead atoms. The number of carbonyl (C=O) groups is 2. The van der Waals surface area contributed by atoms with Crippen LogP contribution in [0.5, 0.6) is 0 Å². The number of halogens is 1. The molecular weight excluding hydrogens is 220 g/mol. The molecule has 15 heavy (non-hydrogen) atoms. The van der Waals surface area contributed by atoms with Crippen molar-refractivity contribution in [3.8, 4) is 0 Å². The van der Waals surface area contributed by atoms with Crippen molar-refractivity contribution in [1.29, 1.82) is 0 Å². The lowest BCUT2D eigenvalue weighted by molar-refractivity contribution is -0.141. The number of carbonyl (C=O) groups excluding carboxylic acids is 1. The number of carboxylic acid groups (broad SMARTS) is 1. The summed E-state index contributed by atoms with van der Waals surface area (Å²) in [4.78, 5) is 21.5. The Bertz CT molecular complexity index is 221. The number of rotatable bonds is 7. The summed E-state index contributed by atoms with van der Waals surface area (Å²) < 4.78 is 0. The third kappa shape index (κ3) is 7.96. The van der Waals surface area contributed by atoms with Crippen molar-refractivity contribution in [3.05, 3.63) is 12.7 Å². The molecule has 1 atom stereocenters. The molecule has 0 radical (unpaired) electrons. The first-order chi connectivity index (χ1) is 6.61. The number of aliphatic carboxylic acids is 1. The van der Waals surface area contributed by atoms with Crippen LogP contribution in [0.1, 0.15) is 19.3 Å². The smallest absolute Gasteiger partial charge is 0.326 e. The predicted molar refractivity (Wildman–Crippen MR) is 59.9 cm³/mol. The average Bonchev–Trinajstić information content (AvgIpc) is 2.16. The van der Waals surface area contributed by atoms with Crippen LogP contribution in [-0.4, -0.2) is 29.6 Å². The summed E-state index contributed by atoms with van der Waals surface area (Å²) in [5.41, 5.74) is 5.27. The highest BCUT2D eigenvalue weighted by atomic mass is 35.5. The second-order valence-electron chi connectivity index (χ2n) is 2.89. The molecule has 0 saturated heterocycles. The quantitative estimate of drug-likeness (QED) is 0.438. The van der Waals surface area contributed by atoms with Gasteiger partial charge < -0.3 is 16.2 Å². The summed E-state index contributed by atoms with van der Waals surface area (Å²) in [5.74, 6) is -1.50. The first kappa shape index (κ1) is 16.4. The molecule has 0 aliphatic rings. The molecule has 0 spiro atoms. The molecule has 1 amide bonds. The fraction of sp³-hybridized carbons (Fsp3) is 0.556.